The number of nitrogens with zero attached hydrogens (tertiary/aromatic N) is 4. The van der Waals surface area contributed by atoms with Gasteiger partial charge in [0.15, 0.2) is 6.23 Å². The van der Waals surface area contributed by atoms with Gasteiger partial charge in [-0.3, -0.25) is 4.90 Å². The topological polar surface area (TPSA) is 173 Å². The Hall–Kier alpha value is -3.95. The fourth-order valence-electron chi connectivity index (χ4n) is 6.40. The average Bonchev–Trinajstić information content (AvgIpc) is 3.72. The third-order valence-electron chi connectivity index (χ3n) is 8.87. The highest BCUT2D eigenvalue weighted by molar-refractivity contribution is 6.31. The Morgan fingerprint density at radius 3 is 2.44 bits per heavy atom. The SMILES string of the molecule is O=C(Oc1ccc(Cl)cc1)N1CCc2c([nH]c3ccc(Cl)cc23)C1c1ccc(OCC2CN(C3OC(CO)C(O)C(O)C3O)N=N2)cc1. The van der Waals surface area contributed by atoms with Crippen LogP contribution in [0.4, 0.5) is 4.79 Å². The molecule has 7 unspecified atom stereocenters. The van der Waals surface area contributed by atoms with E-state index < -0.39 is 55.4 Å². The van der Waals surface area contributed by atoms with Crippen LogP contribution in [0.15, 0.2) is 77.1 Å². The van der Waals surface area contributed by atoms with Gasteiger partial charge >= 0.3 is 6.09 Å². The first-order valence-electron chi connectivity index (χ1n) is 15.4. The highest BCUT2D eigenvalue weighted by Gasteiger charge is 2.47. The number of nitrogens with one attached hydrogen (secondary N) is 1. The molecule has 7 atom stereocenters. The molecule has 5 N–H and O–H groups in total. The van der Waals surface area contributed by atoms with Crippen LogP contribution in [0.5, 0.6) is 11.5 Å². The van der Waals surface area contributed by atoms with Crippen LogP contribution < -0.4 is 9.47 Å². The Bertz CT molecular complexity index is 1800. The molecule has 252 valence electrons. The van der Waals surface area contributed by atoms with Gasteiger partial charge in [-0.05, 0) is 72.1 Å². The number of carbonyl (C=O) groups excluding carboxylic acids is 1. The molecule has 1 aromatic heterocycles. The van der Waals surface area contributed by atoms with E-state index in [0.717, 1.165) is 27.7 Å². The van der Waals surface area contributed by atoms with Crippen LogP contribution in [-0.2, 0) is 11.2 Å². The summed E-state index contributed by atoms with van der Waals surface area (Å²) < 4.78 is 17.3. The number of benzene rings is 3. The van der Waals surface area contributed by atoms with Gasteiger partial charge < -0.3 is 39.6 Å². The molecule has 4 heterocycles. The predicted octanol–water partition coefficient (Wildman–Crippen LogP) is 3.85. The molecule has 0 bridgehead atoms. The molecule has 3 aliphatic rings. The maximum atomic E-state index is 13.6. The number of amides is 1. The number of hydrogen-bond acceptors (Lipinski definition) is 11. The Labute approximate surface area is 284 Å². The third kappa shape index (κ3) is 6.30. The number of aromatic amines is 1. The lowest BCUT2D eigenvalue weighted by Gasteiger charge is -2.42. The second-order valence-electron chi connectivity index (χ2n) is 12.0. The number of aliphatic hydroxyl groups is 4. The summed E-state index contributed by atoms with van der Waals surface area (Å²) in [7, 11) is 0. The van der Waals surface area contributed by atoms with E-state index in [9.17, 15) is 25.2 Å². The van der Waals surface area contributed by atoms with E-state index in [1.807, 2.05) is 42.5 Å². The van der Waals surface area contributed by atoms with Crippen molar-refractivity contribution in [2.24, 2.45) is 10.3 Å². The minimum Gasteiger partial charge on any atom is -0.491 e. The first-order valence-corrected chi connectivity index (χ1v) is 16.2. The number of ether oxygens (including phenoxy) is 3. The van der Waals surface area contributed by atoms with Gasteiger partial charge in [-0.2, -0.15) is 5.11 Å². The van der Waals surface area contributed by atoms with Gasteiger partial charge in [-0.25, -0.2) is 9.80 Å². The van der Waals surface area contributed by atoms with Crippen molar-refractivity contribution in [2.45, 2.75) is 49.1 Å². The lowest BCUT2D eigenvalue weighted by molar-refractivity contribution is -0.264. The zero-order chi connectivity index (χ0) is 33.5. The van der Waals surface area contributed by atoms with E-state index in [1.54, 1.807) is 29.2 Å². The number of rotatable bonds is 7. The zero-order valence-corrected chi connectivity index (χ0v) is 26.9. The van der Waals surface area contributed by atoms with Gasteiger partial charge in [-0.15, -0.1) is 0 Å². The lowest BCUT2D eigenvalue weighted by Crippen LogP contribution is -2.62. The summed E-state index contributed by atoms with van der Waals surface area (Å²) >= 11 is 12.4. The zero-order valence-electron chi connectivity index (χ0n) is 25.4. The van der Waals surface area contributed by atoms with Crippen molar-refractivity contribution in [1.29, 1.82) is 0 Å². The van der Waals surface area contributed by atoms with Crippen LogP contribution in [-0.4, -0.2) is 104 Å². The van der Waals surface area contributed by atoms with Gasteiger partial charge in [0, 0.05) is 33.2 Å². The van der Waals surface area contributed by atoms with Crippen LogP contribution in [0.3, 0.4) is 0 Å². The number of hydrogen-bond donors (Lipinski definition) is 5. The number of carbonyl (C=O) groups is 1. The Kier molecular flexibility index (Phi) is 9.18. The quantitative estimate of drug-likeness (QED) is 0.192. The van der Waals surface area contributed by atoms with E-state index in [2.05, 4.69) is 15.3 Å². The summed E-state index contributed by atoms with van der Waals surface area (Å²) in [6.45, 7) is 0.264. The van der Waals surface area contributed by atoms with E-state index in [0.29, 0.717) is 34.5 Å². The normalized spacial score (nSPS) is 26.9. The van der Waals surface area contributed by atoms with Gasteiger partial charge in [0.2, 0.25) is 0 Å². The third-order valence-corrected chi connectivity index (χ3v) is 9.36. The van der Waals surface area contributed by atoms with Crippen molar-refractivity contribution in [1.82, 2.24) is 14.9 Å². The van der Waals surface area contributed by atoms with Crippen LogP contribution in [0, 0.1) is 0 Å². The maximum absolute atomic E-state index is 13.6. The molecule has 15 heteroatoms. The van der Waals surface area contributed by atoms with Crippen molar-refractivity contribution < 1.29 is 39.4 Å². The van der Waals surface area contributed by atoms with E-state index >= 15 is 0 Å². The van der Waals surface area contributed by atoms with Crippen LogP contribution in [0.2, 0.25) is 10.0 Å². The molecule has 1 amide bonds. The molecule has 13 nitrogen and oxygen atoms in total. The molecule has 3 aliphatic heterocycles. The van der Waals surface area contributed by atoms with Gasteiger partial charge in [-0.1, -0.05) is 40.6 Å². The highest BCUT2D eigenvalue weighted by Crippen LogP contribution is 2.40. The number of halogens is 2. The summed E-state index contributed by atoms with van der Waals surface area (Å²) in [5.41, 5.74) is 3.72. The fraction of sp³-hybridized carbons (Fsp3) is 0.364. The summed E-state index contributed by atoms with van der Waals surface area (Å²) in [6.07, 6.45) is -6.45. The average molecular weight is 699 g/mol. The molecule has 1 fully saturated rings. The molecule has 0 saturated carbocycles. The first-order chi connectivity index (χ1) is 23.2. The molecule has 1 saturated heterocycles. The minimum atomic E-state index is -1.51. The Morgan fingerprint density at radius 2 is 1.69 bits per heavy atom. The van der Waals surface area contributed by atoms with E-state index in [-0.39, 0.29) is 13.2 Å². The van der Waals surface area contributed by atoms with Crippen LogP contribution in [0.25, 0.3) is 10.9 Å². The number of fused-ring (bicyclic) bond motifs is 3. The van der Waals surface area contributed by atoms with Crippen molar-refractivity contribution in [3.63, 3.8) is 0 Å². The maximum Gasteiger partial charge on any atom is 0.416 e. The second-order valence-corrected chi connectivity index (χ2v) is 12.8. The lowest BCUT2D eigenvalue weighted by atomic mass is 9.92. The summed E-state index contributed by atoms with van der Waals surface area (Å²) in [5, 5.41) is 51.9. The van der Waals surface area contributed by atoms with Gasteiger partial charge in [0.25, 0.3) is 0 Å². The van der Waals surface area contributed by atoms with Crippen LogP contribution in [0.1, 0.15) is 22.9 Å². The second kappa shape index (κ2) is 13.5. The molecular formula is C33H33Cl2N5O8. The van der Waals surface area contributed by atoms with Crippen molar-refractivity contribution in [3.05, 3.63) is 93.6 Å². The molecule has 4 aromatic rings. The van der Waals surface area contributed by atoms with Gasteiger partial charge in [0.1, 0.15) is 54.6 Å². The molecule has 48 heavy (non-hydrogen) atoms. The van der Waals surface area contributed by atoms with Crippen molar-refractivity contribution in [2.75, 3.05) is 26.3 Å². The first kappa shape index (κ1) is 32.6. The predicted molar refractivity (Wildman–Crippen MR) is 174 cm³/mol. The molecule has 0 radical (unpaired) electrons. The largest absolute Gasteiger partial charge is 0.491 e. The van der Waals surface area contributed by atoms with Crippen LogP contribution >= 0.6 is 23.2 Å². The van der Waals surface area contributed by atoms with Gasteiger partial charge in [0.05, 0.1) is 13.2 Å². The Balaban J connectivity index is 1.07. The fourth-order valence-corrected chi connectivity index (χ4v) is 6.70. The number of aliphatic hydroxyl groups excluding tert-OH is 4. The standard InChI is InChI=1S/C33H33Cl2N5O8/c34-18-3-8-22(9-4-18)47-33(45)39-12-11-23-24-13-19(35)5-10-25(24)36-27(23)28(39)17-1-6-21(7-2-17)46-16-20-14-40(38-37-20)32-31(44)30(43)29(42)26(15-41)48-32/h1-10,13,20,26,28-32,36,41-44H,11-12,14-16H2. The molecule has 3 aromatic carbocycles. The minimum absolute atomic E-state index is 0.159. The van der Waals surface area contributed by atoms with E-state index in [1.165, 1.54) is 5.01 Å². The molecule has 7 rings (SSSR count). The molecule has 0 spiro atoms. The summed E-state index contributed by atoms with van der Waals surface area (Å²) in [6, 6.07) is 18.8. The Morgan fingerprint density at radius 1 is 0.958 bits per heavy atom. The smallest absolute Gasteiger partial charge is 0.416 e. The summed E-state index contributed by atoms with van der Waals surface area (Å²) in [5.74, 6) is 0.949. The molecular weight excluding hydrogens is 665 g/mol. The van der Waals surface area contributed by atoms with Crippen molar-refractivity contribution >= 4 is 40.2 Å². The monoisotopic (exact) mass is 697 g/mol. The molecule has 0 aliphatic carbocycles. The summed E-state index contributed by atoms with van der Waals surface area (Å²) in [4.78, 5) is 18.8. The number of aromatic nitrogens is 1. The number of H-pyrrole nitrogens is 1. The highest BCUT2D eigenvalue weighted by atomic mass is 35.5. The van der Waals surface area contributed by atoms with Crippen molar-refractivity contribution in [3.8, 4) is 11.5 Å². The van der Waals surface area contributed by atoms with E-state index in [4.69, 9.17) is 37.4 Å².